The minimum atomic E-state index is -0.0531. The van der Waals surface area contributed by atoms with Gasteiger partial charge in [-0.3, -0.25) is 14.5 Å². The van der Waals surface area contributed by atoms with Crippen molar-refractivity contribution in [2.45, 2.75) is 26.8 Å². The van der Waals surface area contributed by atoms with Gasteiger partial charge in [-0.1, -0.05) is 29.8 Å². The molecular weight excluding hydrogens is 338 g/mol. The Bertz CT molecular complexity index is 1080. The number of carbonyl (C=O) groups is 1. The highest BCUT2D eigenvalue weighted by Crippen LogP contribution is 2.19. The van der Waals surface area contributed by atoms with Gasteiger partial charge in [-0.2, -0.15) is 0 Å². The number of para-hydroxylation sites is 1. The van der Waals surface area contributed by atoms with Crippen LogP contribution in [0.2, 0.25) is 0 Å². The fraction of sp³-hybridized carbons (Fsp3) is 0.273. The van der Waals surface area contributed by atoms with E-state index in [2.05, 4.69) is 16.4 Å². The molecule has 0 saturated heterocycles. The van der Waals surface area contributed by atoms with E-state index in [-0.39, 0.29) is 17.9 Å². The smallest absolute Gasteiger partial charge is 0.238 e. The summed E-state index contributed by atoms with van der Waals surface area (Å²) in [6.45, 7) is 5.55. The average Bonchev–Trinajstić information content (AvgIpc) is 2.65. The number of hydrogen-bond donors (Lipinski definition) is 2. The number of H-pyrrole nitrogens is 1. The van der Waals surface area contributed by atoms with E-state index in [0.717, 1.165) is 41.0 Å². The van der Waals surface area contributed by atoms with Gasteiger partial charge in [0.05, 0.1) is 6.54 Å². The third kappa shape index (κ3) is 3.51. The zero-order valence-electron chi connectivity index (χ0n) is 15.6. The molecule has 2 N–H and O–H groups in total. The second-order valence-electron chi connectivity index (χ2n) is 7.28. The fourth-order valence-corrected chi connectivity index (χ4v) is 3.76. The van der Waals surface area contributed by atoms with Crippen LogP contribution in [-0.2, 0) is 17.8 Å². The molecule has 2 aromatic carbocycles. The number of nitrogens with zero attached hydrogens (tertiary/aromatic N) is 1. The van der Waals surface area contributed by atoms with Crippen LogP contribution in [0.4, 0.5) is 5.69 Å². The largest absolute Gasteiger partial charge is 0.358 e. The summed E-state index contributed by atoms with van der Waals surface area (Å²) in [7, 11) is 0. The van der Waals surface area contributed by atoms with Crippen LogP contribution < -0.4 is 10.7 Å². The number of carbonyl (C=O) groups excluding carboxylic acids is 1. The van der Waals surface area contributed by atoms with Gasteiger partial charge in [0, 0.05) is 47.4 Å². The topological polar surface area (TPSA) is 65.2 Å². The van der Waals surface area contributed by atoms with Gasteiger partial charge >= 0.3 is 0 Å². The summed E-state index contributed by atoms with van der Waals surface area (Å²) in [6, 6.07) is 13.6. The number of pyridine rings is 1. The summed E-state index contributed by atoms with van der Waals surface area (Å²) in [5.41, 5.74) is 5.77. The standard InChI is InChI=1S/C22H23N3O2/c1-14-7-8-18(15(2)11-14)24-21(26)13-25-10-9-20-17(12-25)22(27)16-5-3-4-6-19(16)23-20/h3-8,11H,9-10,12-13H2,1-2H3,(H,23,27)(H,24,26). The number of hydrogen-bond acceptors (Lipinski definition) is 3. The molecule has 0 aliphatic carbocycles. The van der Waals surface area contributed by atoms with E-state index >= 15 is 0 Å². The van der Waals surface area contributed by atoms with Crippen molar-refractivity contribution < 1.29 is 4.79 Å². The molecule has 0 radical (unpaired) electrons. The van der Waals surface area contributed by atoms with Crippen LogP contribution in [0.25, 0.3) is 10.9 Å². The minimum absolute atomic E-state index is 0.0531. The predicted molar refractivity (Wildman–Crippen MR) is 108 cm³/mol. The molecule has 1 aliphatic rings. The maximum Gasteiger partial charge on any atom is 0.238 e. The second kappa shape index (κ2) is 7.00. The van der Waals surface area contributed by atoms with Crippen molar-refractivity contribution in [3.8, 4) is 0 Å². The van der Waals surface area contributed by atoms with E-state index in [4.69, 9.17) is 0 Å². The van der Waals surface area contributed by atoms with Crippen molar-refractivity contribution in [2.24, 2.45) is 0 Å². The molecule has 5 heteroatoms. The maximum atomic E-state index is 12.8. The number of fused-ring (bicyclic) bond motifs is 2. The molecule has 0 fully saturated rings. The number of nitrogens with one attached hydrogen (secondary N) is 2. The summed E-state index contributed by atoms with van der Waals surface area (Å²) in [5, 5.41) is 3.69. The van der Waals surface area contributed by atoms with Crippen molar-refractivity contribution >= 4 is 22.5 Å². The van der Waals surface area contributed by atoms with Crippen LogP contribution in [0, 0.1) is 13.8 Å². The molecule has 1 amide bonds. The predicted octanol–water partition coefficient (Wildman–Crippen LogP) is 3.14. The highest BCUT2D eigenvalue weighted by atomic mass is 16.2. The van der Waals surface area contributed by atoms with Crippen LogP contribution in [0.1, 0.15) is 22.4 Å². The van der Waals surface area contributed by atoms with Gasteiger partial charge in [0.15, 0.2) is 5.43 Å². The van der Waals surface area contributed by atoms with Crippen molar-refractivity contribution in [1.29, 1.82) is 0 Å². The zero-order chi connectivity index (χ0) is 19.0. The Morgan fingerprint density at radius 3 is 2.81 bits per heavy atom. The molecule has 138 valence electrons. The molecule has 1 aliphatic heterocycles. The highest BCUT2D eigenvalue weighted by molar-refractivity contribution is 5.93. The number of aromatic amines is 1. The van der Waals surface area contributed by atoms with E-state index in [0.29, 0.717) is 11.9 Å². The molecule has 5 nitrogen and oxygen atoms in total. The summed E-state index contributed by atoms with van der Waals surface area (Å²) >= 11 is 0. The first-order valence-electron chi connectivity index (χ1n) is 9.23. The van der Waals surface area contributed by atoms with Gasteiger partial charge in [-0.25, -0.2) is 0 Å². The van der Waals surface area contributed by atoms with Gasteiger partial charge in [0.2, 0.25) is 5.91 Å². The molecule has 0 saturated carbocycles. The molecule has 2 heterocycles. The van der Waals surface area contributed by atoms with E-state index in [9.17, 15) is 9.59 Å². The summed E-state index contributed by atoms with van der Waals surface area (Å²) < 4.78 is 0. The quantitative estimate of drug-likeness (QED) is 0.753. The third-order valence-corrected chi connectivity index (χ3v) is 5.18. The van der Waals surface area contributed by atoms with Crippen LogP contribution in [0.15, 0.2) is 47.3 Å². The first-order chi connectivity index (χ1) is 13.0. The second-order valence-corrected chi connectivity index (χ2v) is 7.28. The molecule has 0 atom stereocenters. The van der Waals surface area contributed by atoms with Gasteiger partial charge in [0.25, 0.3) is 0 Å². The molecule has 3 aromatic rings. The molecular formula is C22H23N3O2. The lowest BCUT2D eigenvalue weighted by Crippen LogP contribution is -2.39. The molecule has 0 bridgehead atoms. The van der Waals surface area contributed by atoms with Crippen molar-refractivity contribution in [3.05, 3.63) is 75.1 Å². The minimum Gasteiger partial charge on any atom is -0.358 e. The van der Waals surface area contributed by atoms with Crippen LogP contribution in [0.5, 0.6) is 0 Å². The first-order valence-corrected chi connectivity index (χ1v) is 9.23. The van der Waals surface area contributed by atoms with Crippen LogP contribution in [-0.4, -0.2) is 28.9 Å². The van der Waals surface area contributed by atoms with Crippen molar-refractivity contribution in [2.75, 3.05) is 18.4 Å². The molecule has 1 aromatic heterocycles. The normalized spacial score (nSPS) is 14.1. The van der Waals surface area contributed by atoms with Gasteiger partial charge in [-0.05, 0) is 37.6 Å². The number of amides is 1. The Labute approximate surface area is 158 Å². The molecule has 4 rings (SSSR count). The maximum absolute atomic E-state index is 12.8. The molecule has 27 heavy (non-hydrogen) atoms. The number of rotatable bonds is 3. The van der Waals surface area contributed by atoms with Crippen LogP contribution in [0.3, 0.4) is 0 Å². The number of aromatic nitrogens is 1. The number of anilines is 1. The fourth-order valence-electron chi connectivity index (χ4n) is 3.76. The average molecular weight is 361 g/mol. The van der Waals surface area contributed by atoms with Crippen molar-refractivity contribution in [1.82, 2.24) is 9.88 Å². The lowest BCUT2D eigenvalue weighted by atomic mass is 10.0. The first kappa shape index (κ1) is 17.5. The van der Waals surface area contributed by atoms with E-state index in [1.165, 1.54) is 5.56 Å². The SMILES string of the molecule is Cc1ccc(NC(=O)CN2CCc3[nH]c4ccccc4c(=O)c3C2)c(C)c1. The lowest BCUT2D eigenvalue weighted by Gasteiger charge is -2.28. The Hall–Kier alpha value is -2.92. The van der Waals surface area contributed by atoms with E-state index in [1.54, 1.807) is 0 Å². The van der Waals surface area contributed by atoms with E-state index < -0.39 is 0 Å². The van der Waals surface area contributed by atoms with E-state index in [1.807, 2.05) is 55.1 Å². The lowest BCUT2D eigenvalue weighted by molar-refractivity contribution is -0.117. The van der Waals surface area contributed by atoms with Crippen LogP contribution >= 0.6 is 0 Å². The van der Waals surface area contributed by atoms with Gasteiger partial charge < -0.3 is 10.3 Å². The Morgan fingerprint density at radius 2 is 2.00 bits per heavy atom. The highest BCUT2D eigenvalue weighted by Gasteiger charge is 2.22. The Morgan fingerprint density at radius 1 is 1.19 bits per heavy atom. The monoisotopic (exact) mass is 361 g/mol. The summed E-state index contributed by atoms with van der Waals surface area (Å²) in [5.74, 6) is -0.0531. The summed E-state index contributed by atoms with van der Waals surface area (Å²) in [4.78, 5) is 30.7. The van der Waals surface area contributed by atoms with Gasteiger partial charge in [0.1, 0.15) is 0 Å². The zero-order valence-corrected chi connectivity index (χ0v) is 15.6. The number of benzene rings is 2. The Balaban J connectivity index is 1.50. The van der Waals surface area contributed by atoms with Crippen molar-refractivity contribution in [3.63, 3.8) is 0 Å². The van der Waals surface area contributed by atoms with Gasteiger partial charge in [-0.15, -0.1) is 0 Å². The summed E-state index contributed by atoms with van der Waals surface area (Å²) in [6.07, 6.45) is 0.742. The Kier molecular flexibility index (Phi) is 4.54. The molecule has 0 unspecified atom stereocenters. The number of aryl methyl sites for hydroxylation is 2. The molecule has 0 spiro atoms. The third-order valence-electron chi connectivity index (χ3n) is 5.18.